The number of rotatable bonds is 6. The molecule has 2 N–H and O–H groups in total. The number of imidazole rings is 1. The molecule has 0 bridgehead atoms. The second kappa shape index (κ2) is 10.6. The third-order valence-electron chi connectivity index (χ3n) is 6.63. The molecule has 2 atom stereocenters. The molecule has 34 heavy (non-hydrogen) atoms. The Kier molecular flexibility index (Phi) is 7.29. The number of aryl methyl sites for hydroxylation is 3. The number of carbonyl (C=O) groups excluding carboxylic acids is 1. The summed E-state index contributed by atoms with van der Waals surface area (Å²) in [7, 11) is 0. The molecule has 3 aromatic rings. The second-order valence-corrected chi connectivity index (χ2v) is 10.2. The van der Waals surface area contributed by atoms with Gasteiger partial charge in [-0.15, -0.1) is 0 Å². The molecule has 1 unspecified atom stereocenters. The summed E-state index contributed by atoms with van der Waals surface area (Å²) in [6, 6.07) is 8.09. The summed E-state index contributed by atoms with van der Waals surface area (Å²) in [4.78, 5) is 24.3. The molecule has 5 rings (SSSR count). The van der Waals surface area contributed by atoms with Gasteiger partial charge in [0.05, 0.1) is 24.1 Å². The van der Waals surface area contributed by atoms with E-state index < -0.39 is 0 Å². The Hall–Kier alpha value is -2.26. The molecule has 0 spiro atoms. The number of nitrogens with one attached hydrogen (secondary N) is 2. The van der Waals surface area contributed by atoms with E-state index in [0.29, 0.717) is 13.1 Å². The van der Waals surface area contributed by atoms with Gasteiger partial charge in [-0.2, -0.15) is 0 Å². The van der Waals surface area contributed by atoms with E-state index in [2.05, 4.69) is 54.6 Å². The highest BCUT2D eigenvalue weighted by atomic mass is 79.9. The van der Waals surface area contributed by atoms with Gasteiger partial charge in [0, 0.05) is 60.8 Å². The van der Waals surface area contributed by atoms with Crippen LogP contribution in [0.1, 0.15) is 34.8 Å². The number of amides is 1. The van der Waals surface area contributed by atoms with Crippen molar-refractivity contribution in [2.75, 3.05) is 26.2 Å². The number of fused-ring (bicyclic) bond motifs is 2. The summed E-state index contributed by atoms with van der Waals surface area (Å²) in [5, 5.41) is 7.26. The Balaban J connectivity index is 1.33. The first-order valence-corrected chi connectivity index (χ1v) is 12.9. The number of benzene rings is 1. The van der Waals surface area contributed by atoms with Crippen LogP contribution in [-0.4, -0.2) is 57.6 Å². The fourth-order valence-electron chi connectivity index (χ4n) is 4.98. The minimum absolute atomic E-state index is 0.00323. The van der Waals surface area contributed by atoms with E-state index in [-0.39, 0.29) is 18.0 Å². The molecular weight excluding hydrogens is 516 g/mol. The molecular formula is C25H28BrClN6O. The van der Waals surface area contributed by atoms with Crippen molar-refractivity contribution < 1.29 is 4.79 Å². The summed E-state index contributed by atoms with van der Waals surface area (Å²) in [5.41, 5.74) is 4.81. The van der Waals surface area contributed by atoms with Crippen LogP contribution < -0.4 is 10.6 Å². The van der Waals surface area contributed by atoms with Crippen LogP contribution in [0.15, 0.2) is 53.7 Å². The fraction of sp³-hybridized carbons (Fsp3) is 0.400. The van der Waals surface area contributed by atoms with E-state index >= 15 is 0 Å². The van der Waals surface area contributed by atoms with Gasteiger partial charge in [-0.25, -0.2) is 4.98 Å². The number of nitrogens with zero attached hydrogens (tertiary/aromatic N) is 4. The van der Waals surface area contributed by atoms with Crippen LogP contribution in [0.5, 0.6) is 0 Å². The molecule has 1 saturated heterocycles. The Morgan fingerprint density at radius 3 is 3.00 bits per heavy atom. The Morgan fingerprint density at radius 1 is 1.26 bits per heavy atom. The van der Waals surface area contributed by atoms with Crippen molar-refractivity contribution >= 4 is 33.4 Å². The summed E-state index contributed by atoms with van der Waals surface area (Å²) in [6.07, 6.45) is 10.1. The summed E-state index contributed by atoms with van der Waals surface area (Å²) < 4.78 is 3.01. The van der Waals surface area contributed by atoms with Crippen LogP contribution in [0.25, 0.3) is 0 Å². The van der Waals surface area contributed by atoms with Crippen LogP contribution >= 0.6 is 27.5 Å². The quantitative estimate of drug-likeness (QED) is 0.467. The molecule has 0 saturated carbocycles. The van der Waals surface area contributed by atoms with Gasteiger partial charge in [-0.05, 0) is 70.1 Å². The van der Waals surface area contributed by atoms with E-state index in [1.54, 1.807) is 12.5 Å². The van der Waals surface area contributed by atoms with Gasteiger partial charge in [0.2, 0.25) is 5.91 Å². The fourth-order valence-corrected chi connectivity index (χ4v) is 5.55. The number of piperazine rings is 1. The lowest BCUT2D eigenvalue weighted by Crippen LogP contribution is -2.58. The smallest absolute Gasteiger partial charge is 0.238 e. The molecule has 7 nitrogen and oxygen atoms in total. The van der Waals surface area contributed by atoms with E-state index in [4.69, 9.17) is 16.6 Å². The van der Waals surface area contributed by atoms with Gasteiger partial charge in [-0.3, -0.25) is 14.7 Å². The lowest BCUT2D eigenvalue weighted by molar-refractivity contribution is -0.124. The maximum atomic E-state index is 13.0. The van der Waals surface area contributed by atoms with Crippen LogP contribution in [-0.2, 0) is 24.2 Å². The number of hydrogen-bond acceptors (Lipinski definition) is 5. The van der Waals surface area contributed by atoms with Crippen molar-refractivity contribution in [3.05, 3.63) is 81.1 Å². The van der Waals surface area contributed by atoms with Crippen LogP contribution in [0.2, 0.25) is 5.02 Å². The first kappa shape index (κ1) is 23.5. The van der Waals surface area contributed by atoms with Gasteiger partial charge in [-0.1, -0.05) is 17.7 Å². The molecule has 1 aliphatic heterocycles. The van der Waals surface area contributed by atoms with E-state index in [0.717, 1.165) is 54.1 Å². The van der Waals surface area contributed by atoms with Gasteiger partial charge in [0.15, 0.2) is 0 Å². The van der Waals surface area contributed by atoms with Crippen molar-refractivity contribution in [3.8, 4) is 0 Å². The maximum absolute atomic E-state index is 13.0. The number of hydrogen-bond donors (Lipinski definition) is 2. The van der Waals surface area contributed by atoms with Crippen LogP contribution in [0, 0.1) is 0 Å². The number of pyridine rings is 1. The number of halogens is 2. The molecule has 2 aliphatic rings. The average Bonchev–Trinajstić information content (AvgIpc) is 3.31. The lowest BCUT2D eigenvalue weighted by atomic mass is 9.95. The molecule has 1 aliphatic carbocycles. The van der Waals surface area contributed by atoms with Crippen molar-refractivity contribution in [2.24, 2.45) is 0 Å². The molecule has 2 aromatic heterocycles. The zero-order valence-corrected chi connectivity index (χ0v) is 21.2. The summed E-state index contributed by atoms with van der Waals surface area (Å²) >= 11 is 9.94. The monoisotopic (exact) mass is 542 g/mol. The van der Waals surface area contributed by atoms with E-state index in [1.165, 1.54) is 16.7 Å². The Bertz CT molecular complexity index is 1100. The van der Waals surface area contributed by atoms with Gasteiger partial charge in [0.1, 0.15) is 0 Å². The number of carbonyl (C=O) groups is 1. The highest BCUT2D eigenvalue weighted by Gasteiger charge is 2.35. The minimum Gasteiger partial charge on any atom is -0.355 e. The van der Waals surface area contributed by atoms with E-state index in [9.17, 15) is 4.79 Å². The van der Waals surface area contributed by atoms with Crippen molar-refractivity contribution in [1.29, 1.82) is 0 Å². The predicted molar refractivity (Wildman–Crippen MR) is 136 cm³/mol. The third-order valence-corrected chi connectivity index (χ3v) is 7.30. The zero-order valence-electron chi connectivity index (χ0n) is 18.9. The normalized spacial score (nSPS) is 20.3. The van der Waals surface area contributed by atoms with Crippen LogP contribution in [0.4, 0.5) is 0 Å². The zero-order chi connectivity index (χ0) is 23.5. The first-order chi connectivity index (χ1) is 16.6. The van der Waals surface area contributed by atoms with E-state index in [1.807, 2.05) is 23.0 Å². The standard InChI is InChI=1S/C25H28BrClN6O/c26-19-12-18-3-2-17-13-20(27)4-5-21(17)24(23(18)31-14-19)33-11-8-29-22(15-33)25(34)30-6-1-9-32-10-7-28-16-32/h4-5,7,10,12-14,16,22,24,29H,1-3,6,8-9,11,15H2,(H,30,34)/t22-,24?/m1/s1. The first-order valence-electron chi connectivity index (χ1n) is 11.7. The van der Waals surface area contributed by atoms with Gasteiger partial charge < -0.3 is 15.2 Å². The second-order valence-electron chi connectivity index (χ2n) is 8.89. The minimum atomic E-state index is -0.264. The lowest BCUT2D eigenvalue weighted by Gasteiger charge is -2.39. The third kappa shape index (κ3) is 5.20. The maximum Gasteiger partial charge on any atom is 0.238 e. The molecule has 1 aromatic carbocycles. The highest BCUT2D eigenvalue weighted by Crippen LogP contribution is 2.37. The SMILES string of the molecule is O=C(NCCCn1ccnc1)[C@H]1CN(C2c3ccc(Cl)cc3CCc3cc(Br)cnc32)CCN1. The Morgan fingerprint density at radius 2 is 2.15 bits per heavy atom. The molecule has 1 amide bonds. The highest BCUT2D eigenvalue weighted by molar-refractivity contribution is 9.10. The van der Waals surface area contributed by atoms with Crippen molar-refractivity contribution in [2.45, 2.75) is 37.9 Å². The van der Waals surface area contributed by atoms with Crippen LogP contribution in [0.3, 0.4) is 0 Å². The predicted octanol–water partition coefficient (Wildman–Crippen LogP) is 3.36. The van der Waals surface area contributed by atoms with Gasteiger partial charge >= 0.3 is 0 Å². The summed E-state index contributed by atoms with van der Waals surface area (Å²) in [6.45, 7) is 3.69. The molecule has 1 fully saturated rings. The Labute approximate surface area is 213 Å². The number of aromatic nitrogens is 3. The molecule has 0 radical (unpaired) electrons. The molecule has 9 heteroatoms. The molecule has 178 valence electrons. The average molecular weight is 544 g/mol. The molecule has 3 heterocycles. The van der Waals surface area contributed by atoms with Crippen molar-refractivity contribution in [1.82, 2.24) is 30.1 Å². The topological polar surface area (TPSA) is 75.1 Å². The van der Waals surface area contributed by atoms with Gasteiger partial charge in [0.25, 0.3) is 0 Å². The largest absolute Gasteiger partial charge is 0.355 e. The summed E-state index contributed by atoms with van der Waals surface area (Å²) in [5.74, 6) is 0.0456. The van der Waals surface area contributed by atoms with Crippen molar-refractivity contribution in [3.63, 3.8) is 0 Å².